The third kappa shape index (κ3) is 4.29. The molecule has 4 aliphatic rings. The second-order valence-corrected chi connectivity index (χ2v) is 11.0. The van der Waals surface area contributed by atoms with Gasteiger partial charge in [0, 0.05) is 55.5 Å². The summed E-state index contributed by atoms with van der Waals surface area (Å²) in [6.45, 7) is 5.99. The Morgan fingerprint density at radius 2 is 1.95 bits per heavy atom. The quantitative estimate of drug-likeness (QED) is 0.260. The molecule has 1 saturated heterocycles. The fourth-order valence-electron chi connectivity index (χ4n) is 6.02. The van der Waals surface area contributed by atoms with E-state index < -0.39 is 0 Å². The second-order valence-electron chi connectivity index (χ2n) is 11.0. The number of carbonyl (C=O) groups excluding carboxylic acids is 3. The molecule has 3 amide bonds. The van der Waals surface area contributed by atoms with Gasteiger partial charge in [-0.3, -0.25) is 14.4 Å². The lowest BCUT2D eigenvalue weighted by Crippen LogP contribution is -2.68. The van der Waals surface area contributed by atoms with E-state index in [4.69, 9.17) is 14.6 Å². The maximum atomic E-state index is 13.1. The number of aromatic amines is 1. The molecule has 39 heavy (non-hydrogen) atoms. The average Bonchev–Trinajstić information content (AvgIpc) is 3.35. The number of fused-ring (bicyclic) bond motifs is 1. The van der Waals surface area contributed by atoms with Crippen molar-refractivity contribution in [3.8, 4) is 5.75 Å². The molecule has 4 N–H and O–H groups in total. The van der Waals surface area contributed by atoms with Crippen LogP contribution in [0.15, 0.2) is 34.9 Å². The Kier molecular flexibility index (Phi) is 5.85. The van der Waals surface area contributed by atoms with Crippen LogP contribution in [0.1, 0.15) is 63.9 Å². The van der Waals surface area contributed by atoms with Gasteiger partial charge in [-0.05, 0) is 56.7 Å². The molecule has 1 aliphatic heterocycles. The van der Waals surface area contributed by atoms with E-state index in [0.29, 0.717) is 58.3 Å². The number of furan rings is 1. The number of nitrogens with one attached hydrogen (secondary N) is 4. The largest absolute Gasteiger partial charge is 0.460 e. The number of likely N-dealkylation sites (tertiary alicyclic amines) is 1. The number of benzene rings is 1. The molecule has 1 aromatic carbocycles. The van der Waals surface area contributed by atoms with Gasteiger partial charge in [-0.1, -0.05) is 0 Å². The Bertz CT molecular complexity index is 1540. The van der Waals surface area contributed by atoms with Crippen LogP contribution < -0.4 is 15.4 Å². The van der Waals surface area contributed by atoms with Gasteiger partial charge in [0.15, 0.2) is 5.76 Å². The Balaban J connectivity index is 1.19. The fourth-order valence-corrected chi connectivity index (χ4v) is 6.02. The van der Waals surface area contributed by atoms with Crippen LogP contribution in [0.2, 0.25) is 0 Å². The summed E-state index contributed by atoms with van der Waals surface area (Å²) in [7, 11) is 0. The lowest BCUT2D eigenvalue weighted by molar-refractivity contribution is -0.120. The molecule has 0 unspecified atom stereocenters. The molecule has 2 aromatic heterocycles. The number of aromatic nitrogens is 1. The summed E-state index contributed by atoms with van der Waals surface area (Å²) in [6, 6.07) is 5.27. The normalized spacial score (nSPS) is 22.0. The van der Waals surface area contributed by atoms with E-state index in [-0.39, 0.29) is 29.3 Å². The van der Waals surface area contributed by atoms with Crippen LogP contribution in [0.4, 0.5) is 0 Å². The van der Waals surface area contributed by atoms with Crippen molar-refractivity contribution >= 4 is 40.7 Å². The van der Waals surface area contributed by atoms with Crippen molar-refractivity contribution in [2.45, 2.75) is 51.6 Å². The molecular weight excluding hydrogens is 498 g/mol. The molecular formula is C29H31N5O5. The van der Waals surface area contributed by atoms with E-state index in [0.717, 1.165) is 36.8 Å². The number of hydrogen-bond donors (Lipinski definition) is 4. The first-order valence-corrected chi connectivity index (χ1v) is 13.2. The highest BCUT2D eigenvalue weighted by atomic mass is 16.5. The number of nitrogens with zero attached hydrogens (tertiary/aromatic N) is 1. The summed E-state index contributed by atoms with van der Waals surface area (Å²) < 4.78 is 12.1. The van der Waals surface area contributed by atoms with Gasteiger partial charge in [0.25, 0.3) is 11.8 Å². The van der Waals surface area contributed by atoms with Crippen LogP contribution in [-0.2, 0) is 4.79 Å². The van der Waals surface area contributed by atoms with Crippen molar-refractivity contribution in [1.29, 1.82) is 5.41 Å². The van der Waals surface area contributed by atoms with E-state index in [1.165, 1.54) is 13.0 Å². The van der Waals surface area contributed by atoms with Gasteiger partial charge < -0.3 is 35.1 Å². The van der Waals surface area contributed by atoms with E-state index in [9.17, 15) is 14.4 Å². The van der Waals surface area contributed by atoms with Gasteiger partial charge in [-0.2, -0.15) is 0 Å². The maximum absolute atomic E-state index is 13.1. The van der Waals surface area contributed by atoms with E-state index in [1.807, 2.05) is 13.0 Å². The number of rotatable bonds is 8. The van der Waals surface area contributed by atoms with Crippen molar-refractivity contribution in [2.75, 3.05) is 13.1 Å². The zero-order valence-electron chi connectivity index (χ0n) is 22.1. The SMILES string of the molecule is CC(=O)NC1CN(C(=O)c2c[nH]c(/C(=C\C=N)Oc3ccc4c(C(=O)NC56CC(C5)C6)c(C)oc4c3)c2C)C1. The Hall–Kier alpha value is -4.34. The van der Waals surface area contributed by atoms with Crippen molar-refractivity contribution in [3.63, 3.8) is 0 Å². The smallest absolute Gasteiger partial charge is 0.255 e. The van der Waals surface area contributed by atoms with Crippen molar-refractivity contribution < 1.29 is 23.5 Å². The van der Waals surface area contributed by atoms with Crippen molar-refractivity contribution in [2.24, 2.45) is 5.92 Å². The molecule has 4 fully saturated rings. The van der Waals surface area contributed by atoms with Gasteiger partial charge in [-0.25, -0.2) is 0 Å². The molecule has 0 radical (unpaired) electrons. The summed E-state index contributed by atoms with van der Waals surface area (Å²) in [5.74, 6) is 1.81. The Labute approximate surface area is 225 Å². The second kappa shape index (κ2) is 9.14. The van der Waals surface area contributed by atoms with E-state index >= 15 is 0 Å². The highest BCUT2D eigenvalue weighted by Crippen LogP contribution is 2.57. The maximum Gasteiger partial charge on any atom is 0.255 e. The lowest BCUT2D eigenvalue weighted by Gasteiger charge is -2.61. The molecule has 3 saturated carbocycles. The molecule has 202 valence electrons. The van der Waals surface area contributed by atoms with Crippen LogP contribution >= 0.6 is 0 Å². The zero-order chi connectivity index (χ0) is 27.5. The minimum absolute atomic E-state index is 0.0236. The predicted octanol–water partition coefficient (Wildman–Crippen LogP) is 3.69. The molecule has 3 aliphatic carbocycles. The average molecular weight is 530 g/mol. The van der Waals surface area contributed by atoms with Crippen LogP contribution in [0.3, 0.4) is 0 Å². The lowest BCUT2D eigenvalue weighted by atomic mass is 9.50. The summed E-state index contributed by atoms with van der Waals surface area (Å²) in [5.41, 5.74) is 2.83. The van der Waals surface area contributed by atoms with E-state index in [1.54, 1.807) is 30.2 Å². The molecule has 10 nitrogen and oxygen atoms in total. The molecule has 3 heterocycles. The number of amides is 3. The highest BCUT2D eigenvalue weighted by Gasteiger charge is 2.57. The number of H-pyrrole nitrogens is 1. The van der Waals surface area contributed by atoms with Crippen LogP contribution in [0.25, 0.3) is 16.7 Å². The summed E-state index contributed by atoms with van der Waals surface area (Å²) >= 11 is 0. The number of ether oxygens (including phenoxy) is 1. The first-order chi connectivity index (χ1) is 18.7. The minimum Gasteiger partial charge on any atom is -0.460 e. The molecule has 0 spiro atoms. The van der Waals surface area contributed by atoms with Gasteiger partial charge in [-0.15, -0.1) is 0 Å². The number of carbonyl (C=O) groups is 3. The molecule has 7 rings (SSSR count). The summed E-state index contributed by atoms with van der Waals surface area (Å²) in [6.07, 6.45) is 7.45. The standard InChI is InChI=1S/C29H31N5O5/c1-15-22(28(37)34-13-19(14-34)32-17(3)35)12-31-26(15)23(6-7-30)39-20-4-5-21-24(8-20)38-16(2)25(21)27(36)33-29-9-18(10-29)11-29/h4-8,12,18-19,30-31H,9-11,13-14H2,1-3H3,(H,32,35)(H,33,36)/b23-6+,30-7?. The zero-order valence-corrected chi connectivity index (χ0v) is 22.1. The number of hydrogen-bond acceptors (Lipinski definition) is 6. The van der Waals surface area contributed by atoms with Crippen LogP contribution in [0, 0.1) is 25.2 Å². The summed E-state index contributed by atoms with van der Waals surface area (Å²) in [5, 5.41) is 14.4. The first-order valence-electron chi connectivity index (χ1n) is 13.2. The third-order valence-electron chi connectivity index (χ3n) is 8.14. The molecule has 2 bridgehead atoms. The topological polar surface area (TPSA) is 141 Å². The minimum atomic E-state index is -0.136. The van der Waals surface area contributed by atoms with Gasteiger partial charge in [0.05, 0.1) is 22.9 Å². The molecule has 3 aromatic rings. The predicted molar refractivity (Wildman–Crippen MR) is 145 cm³/mol. The Morgan fingerprint density at radius 3 is 2.59 bits per heavy atom. The van der Waals surface area contributed by atoms with E-state index in [2.05, 4.69) is 15.6 Å². The van der Waals surface area contributed by atoms with Gasteiger partial charge in [0.1, 0.15) is 17.1 Å². The van der Waals surface area contributed by atoms with Crippen molar-refractivity contribution in [1.82, 2.24) is 20.5 Å². The number of allylic oxidation sites excluding steroid dienone is 1. The van der Waals surface area contributed by atoms with Crippen molar-refractivity contribution in [3.05, 3.63) is 58.6 Å². The Morgan fingerprint density at radius 1 is 1.21 bits per heavy atom. The molecule has 0 atom stereocenters. The summed E-state index contributed by atoms with van der Waals surface area (Å²) in [4.78, 5) is 42.1. The number of aryl methyl sites for hydroxylation is 1. The fraction of sp³-hybridized carbons (Fsp3) is 0.379. The molecule has 10 heteroatoms. The van der Waals surface area contributed by atoms with Gasteiger partial charge in [0.2, 0.25) is 5.91 Å². The van der Waals surface area contributed by atoms with Crippen LogP contribution in [0.5, 0.6) is 5.75 Å². The van der Waals surface area contributed by atoms with Gasteiger partial charge >= 0.3 is 0 Å². The third-order valence-corrected chi connectivity index (χ3v) is 8.14. The highest BCUT2D eigenvalue weighted by molar-refractivity contribution is 6.08. The monoisotopic (exact) mass is 529 g/mol. The first kappa shape index (κ1) is 25.0. The van der Waals surface area contributed by atoms with Crippen LogP contribution in [-0.4, -0.2) is 58.5 Å².